The second-order valence-electron chi connectivity index (χ2n) is 3.44. The molecule has 0 heterocycles. The molecule has 1 saturated carbocycles. The van der Waals surface area contributed by atoms with Gasteiger partial charge in [-0.25, -0.2) is 0 Å². The van der Waals surface area contributed by atoms with E-state index in [-0.39, 0.29) is 24.0 Å². The first-order valence-corrected chi connectivity index (χ1v) is 4.52. The third kappa shape index (κ3) is 3.44. The highest BCUT2D eigenvalue weighted by Gasteiger charge is 2.26. The smallest absolute Gasteiger partial charge is 0.302 e. The van der Waals surface area contributed by atoms with Gasteiger partial charge in [0.25, 0.3) is 0 Å². The summed E-state index contributed by atoms with van der Waals surface area (Å²) in [4.78, 5) is 21.3. The molecular formula is C9H15NO3. The number of ether oxygens (including phenoxy) is 1. The highest BCUT2D eigenvalue weighted by molar-refractivity contribution is 5.73. The lowest BCUT2D eigenvalue weighted by Gasteiger charge is -2.11. The Hall–Kier alpha value is -1.06. The molecule has 1 aliphatic rings. The molecule has 0 radical (unpaired) electrons. The van der Waals surface area contributed by atoms with E-state index in [9.17, 15) is 9.59 Å². The van der Waals surface area contributed by atoms with Crippen molar-refractivity contribution in [1.82, 2.24) is 5.32 Å². The number of hydrogen-bond donors (Lipinski definition) is 1. The van der Waals surface area contributed by atoms with E-state index in [2.05, 4.69) is 5.32 Å². The van der Waals surface area contributed by atoms with Crippen molar-refractivity contribution in [2.75, 3.05) is 0 Å². The van der Waals surface area contributed by atoms with Gasteiger partial charge in [-0.15, -0.1) is 0 Å². The number of carbonyl (C=O) groups is 2. The zero-order valence-electron chi connectivity index (χ0n) is 8.00. The summed E-state index contributed by atoms with van der Waals surface area (Å²) in [5, 5.41) is 2.81. The number of carbonyl (C=O) groups excluding carboxylic acids is 2. The molecule has 13 heavy (non-hydrogen) atoms. The molecule has 2 atom stereocenters. The first-order chi connectivity index (χ1) is 6.08. The van der Waals surface area contributed by atoms with Gasteiger partial charge in [-0.3, -0.25) is 9.59 Å². The minimum atomic E-state index is -0.242. The molecule has 0 aromatic heterocycles. The van der Waals surface area contributed by atoms with Gasteiger partial charge in [-0.1, -0.05) is 0 Å². The number of rotatable bonds is 2. The first-order valence-electron chi connectivity index (χ1n) is 4.52. The van der Waals surface area contributed by atoms with Crippen molar-refractivity contribution < 1.29 is 14.3 Å². The zero-order chi connectivity index (χ0) is 9.84. The summed E-state index contributed by atoms with van der Waals surface area (Å²) >= 11 is 0. The van der Waals surface area contributed by atoms with Crippen LogP contribution in [0.25, 0.3) is 0 Å². The molecule has 0 spiro atoms. The Morgan fingerprint density at radius 2 is 2.00 bits per heavy atom. The number of nitrogens with one attached hydrogen (secondary N) is 1. The van der Waals surface area contributed by atoms with E-state index in [1.165, 1.54) is 13.8 Å². The molecule has 4 heteroatoms. The Bertz CT molecular complexity index is 193. The lowest BCUT2D eigenvalue weighted by atomic mass is 10.2. The van der Waals surface area contributed by atoms with Gasteiger partial charge in [0.1, 0.15) is 6.10 Å². The van der Waals surface area contributed by atoms with Crippen LogP contribution in [0.2, 0.25) is 0 Å². The maximum Gasteiger partial charge on any atom is 0.302 e. The summed E-state index contributed by atoms with van der Waals surface area (Å²) in [6.45, 7) is 2.91. The summed E-state index contributed by atoms with van der Waals surface area (Å²) in [7, 11) is 0. The van der Waals surface area contributed by atoms with Crippen LogP contribution < -0.4 is 5.32 Å². The molecular weight excluding hydrogens is 170 g/mol. The predicted molar refractivity (Wildman–Crippen MR) is 47.0 cm³/mol. The van der Waals surface area contributed by atoms with E-state index in [0.29, 0.717) is 0 Å². The minimum Gasteiger partial charge on any atom is -0.462 e. The third-order valence-electron chi connectivity index (χ3n) is 2.12. The van der Waals surface area contributed by atoms with Gasteiger partial charge in [0.2, 0.25) is 5.91 Å². The molecule has 74 valence electrons. The van der Waals surface area contributed by atoms with Crippen molar-refractivity contribution in [2.24, 2.45) is 0 Å². The zero-order valence-corrected chi connectivity index (χ0v) is 8.00. The topological polar surface area (TPSA) is 55.4 Å². The molecule has 1 fully saturated rings. The van der Waals surface area contributed by atoms with Crippen LogP contribution in [0.5, 0.6) is 0 Å². The molecule has 1 aliphatic carbocycles. The normalized spacial score (nSPS) is 26.9. The van der Waals surface area contributed by atoms with Crippen LogP contribution in [0.1, 0.15) is 33.1 Å². The molecule has 0 aliphatic heterocycles. The fourth-order valence-corrected chi connectivity index (χ4v) is 1.70. The lowest BCUT2D eigenvalue weighted by Crippen LogP contribution is -2.31. The molecule has 1 N–H and O–H groups in total. The molecule has 0 saturated heterocycles. The summed E-state index contributed by atoms with van der Waals surface area (Å²) in [5.74, 6) is -0.262. The monoisotopic (exact) mass is 185 g/mol. The fraction of sp³-hybridized carbons (Fsp3) is 0.778. The van der Waals surface area contributed by atoms with Crippen molar-refractivity contribution in [2.45, 2.75) is 45.3 Å². The van der Waals surface area contributed by atoms with E-state index in [0.717, 1.165) is 19.3 Å². The fourth-order valence-electron chi connectivity index (χ4n) is 1.70. The maximum atomic E-state index is 10.7. The number of hydrogen-bond acceptors (Lipinski definition) is 3. The largest absolute Gasteiger partial charge is 0.462 e. The molecule has 4 nitrogen and oxygen atoms in total. The Kier molecular flexibility index (Phi) is 3.28. The average molecular weight is 185 g/mol. The maximum absolute atomic E-state index is 10.7. The second-order valence-corrected chi connectivity index (χ2v) is 3.44. The van der Waals surface area contributed by atoms with Crippen LogP contribution in [0.3, 0.4) is 0 Å². The summed E-state index contributed by atoms with van der Waals surface area (Å²) in [6.07, 6.45) is 2.50. The van der Waals surface area contributed by atoms with E-state index < -0.39 is 0 Å². The van der Waals surface area contributed by atoms with Crippen LogP contribution in [0, 0.1) is 0 Å². The van der Waals surface area contributed by atoms with Crippen LogP contribution >= 0.6 is 0 Å². The lowest BCUT2D eigenvalue weighted by molar-refractivity contribution is -0.145. The molecule has 1 amide bonds. The van der Waals surface area contributed by atoms with Gasteiger partial charge in [-0.2, -0.15) is 0 Å². The first kappa shape index (κ1) is 10.0. The van der Waals surface area contributed by atoms with Crippen LogP contribution in [-0.2, 0) is 14.3 Å². The molecule has 0 bridgehead atoms. The predicted octanol–water partition coefficient (Wildman–Crippen LogP) is 0.607. The number of amides is 1. The van der Waals surface area contributed by atoms with Crippen molar-refractivity contribution in [3.8, 4) is 0 Å². The molecule has 0 unspecified atom stereocenters. The quantitative estimate of drug-likeness (QED) is 0.641. The van der Waals surface area contributed by atoms with Gasteiger partial charge >= 0.3 is 5.97 Å². The number of esters is 1. The average Bonchev–Trinajstić information content (AvgIpc) is 2.33. The van der Waals surface area contributed by atoms with Crippen molar-refractivity contribution in [1.29, 1.82) is 0 Å². The van der Waals surface area contributed by atoms with Crippen molar-refractivity contribution in [3.05, 3.63) is 0 Å². The van der Waals surface area contributed by atoms with Gasteiger partial charge in [0.15, 0.2) is 0 Å². The van der Waals surface area contributed by atoms with Gasteiger partial charge < -0.3 is 10.1 Å². The molecule has 0 aromatic rings. The van der Waals surface area contributed by atoms with E-state index >= 15 is 0 Å². The highest BCUT2D eigenvalue weighted by atomic mass is 16.5. The molecule has 1 rings (SSSR count). The highest BCUT2D eigenvalue weighted by Crippen LogP contribution is 2.21. The Morgan fingerprint density at radius 3 is 2.54 bits per heavy atom. The van der Waals surface area contributed by atoms with E-state index in [1.54, 1.807) is 0 Å². The summed E-state index contributed by atoms with van der Waals surface area (Å²) in [6, 6.07) is 0.182. The third-order valence-corrected chi connectivity index (χ3v) is 2.12. The van der Waals surface area contributed by atoms with Gasteiger partial charge in [0.05, 0.1) is 0 Å². The summed E-state index contributed by atoms with van der Waals surface area (Å²) < 4.78 is 5.03. The van der Waals surface area contributed by atoms with Gasteiger partial charge in [-0.05, 0) is 12.8 Å². The minimum absolute atomic E-state index is 0.00523. The van der Waals surface area contributed by atoms with Crippen LogP contribution in [-0.4, -0.2) is 24.0 Å². The van der Waals surface area contributed by atoms with Crippen molar-refractivity contribution >= 4 is 11.9 Å². The second kappa shape index (κ2) is 4.25. The Balaban J connectivity index is 2.27. The van der Waals surface area contributed by atoms with E-state index in [4.69, 9.17) is 4.74 Å². The Labute approximate surface area is 77.6 Å². The Morgan fingerprint density at radius 1 is 1.31 bits per heavy atom. The summed E-state index contributed by atoms with van der Waals surface area (Å²) in [5.41, 5.74) is 0. The van der Waals surface area contributed by atoms with E-state index in [1.807, 2.05) is 0 Å². The van der Waals surface area contributed by atoms with Gasteiger partial charge in [0, 0.05) is 26.3 Å². The van der Waals surface area contributed by atoms with Crippen LogP contribution in [0.15, 0.2) is 0 Å². The SMILES string of the molecule is CC(=O)N[C@H]1CC[C@H](OC(C)=O)C1. The standard InChI is InChI=1S/C9H15NO3/c1-6(11)10-8-3-4-9(5-8)13-7(2)12/h8-9H,3-5H2,1-2H3,(H,10,11)/t8-,9-/m0/s1. The van der Waals surface area contributed by atoms with Crippen LogP contribution in [0.4, 0.5) is 0 Å². The van der Waals surface area contributed by atoms with Crippen molar-refractivity contribution in [3.63, 3.8) is 0 Å². The molecule has 0 aromatic carbocycles.